The Balaban J connectivity index is 1.30. The van der Waals surface area contributed by atoms with Crippen molar-refractivity contribution >= 4 is 11.9 Å². The van der Waals surface area contributed by atoms with E-state index in [0.717, 1.165) is 39.9 Å². The first-order chi connectivity index (χ1) is 23.8. The molecule has 6 rings (SSSR count). The van der Waals surface area contributed by atoms with Gasteiger partial charge in [0.1, 0.15) is 23.2 Å². The predicted octanol–water partition coefficient (Wildman–Crippen LogP) is 8.00. The Labute approximate surface area is 286 Å². The molecular weight excluding hydrogens is 618 g/mol. The van der Waals surface area contributed by atoms with Crippen molar-refractivity contribution in [2.45, 2.75) is 51.2 Å². The second kappa shape index (κ2) is 15.2. The van der Waals surface area contributed by atoms with Gasteiger partial charge < -0.3 is 34.5 Å². The monoisotopic (exact) mass is 659 g/mol. The van der Waals surface area contributed by atoms with Gasteiger partial charge in [0.2, 0.25) is 5.75 Å². The van der Waals surface area contributed by atoms with Gasteiger partial charge in [-0.3, -0.25) is 4.79 Å². The van der Waals surface area contributed by atoms with Crippen molar-refractivity contribution in [2.75, 3.05) is 13.7 Å². The highest BCUT2D eigenvalue weighted by Crippen LogP contribution is 2.52. The van der Waals surface area contributed by atoms with Crippen LogP contribution in [0.2, 0.25) is 0 Å². The van der Waals surface area contributed by atoms with Gasteiger partial charge in [0.05, 0.1) is 26.2 Å². The maximum absolute atomic E-state index is 13.9. The highest BCUT2D eigenvalue weighted by atomic mass is 16.5. The predicted molar refractivity (Wildman–Crippen MR) is 190 cm³/mol. The third kappa shape index (κ3) is 7.66. The van der Waals surface area contributed by atoms with Crippen molar-refractivity contribution in [3.63, 3.8) is 0 Å². The number of nitrogens with one attached hydrogen (secondary N) is 1. The molecular formula is C41H41NO7. The number of aromatic nitrogens is 1. The molecule has 0 spiro atoms. The van der Waals surface area contributed by atoms with Gasteiger partial charge in [-0.2, -0.15) is 0 Å². The lowest BCUT2D eigenvalue weighted by atomic mass is 9.90. The summed E-state index contributed by atoms with van der Waals surface area (Å²) in [6.45, 7) is 2.17. The van der Waals surface area contributed by atoms with Crippen LogP contribution in [0.25, 0.3) is 17.2 Å². The number of aliphatic hydroxyl groups is 1. The number of aliphatic hydroxyl groups excluding tert-OH is 1. The number of aryl methyl sites for hydroxylation is 2. The average molecular weight is 660 g/mol. The highest BCUT2D eigenvalue weighted by Gasteiger charge is 2.37. The molecule has 1 aromatic heterocycles. The van der Waals surface area contributed by atoms with Crippen LogP contribution in [-0.2, 0) is 19.3 Å². The van der Waals surface area contributed by atoms with Crippen LogP contribution in [-0.4, -0.2) is 45.9 Å². The van der Waals surface area contributed by atoms with E-state index < -0.39 is 12.2 Å². The molecule has 5 aromatic rings. The van der Waals surface area contributed by atoms with Crippen LogP contribution in [0.15, 0.2) is 97.2 Å². The number of carbonyl (C=O) groups is 1. The van der Waals surface area contributed by atoms with Crippen LogP contribution in [0.5, 0.6) is 28.7 Å². The zero-order valence-electron chi connectivity index (χ0n) is 27.7. The van der Waals surface area contributed by atoms with Crippen LogP contribution in [0.4, 0.5) is 0 Å². The second-order valence-electron chi connectivity index (χ2n) is 12.2. The van der Waals surface area contributed by atoms with Gasteiger partial charge in [0.25, 0.3) is 0 Å². The average Bonchev–Trinajstić information content (AvgIpc) is 3.61. The van der Waals surface area contributed by atoms with E-state index in [-0.39, 0.29) is 59.5 Å². The van der Waals surface area contributed by atoms with Crippen molar-refractivity contribution in [1.29, 1.82) is 0 Å². The van der Waals surface area contributed by atoms with E-state index >= 15 is 0 Å². The summed E-state index contributed by atoms with van der Waals surface area (Å²) >= 11 is 0. The number of phenolic OH excluding ortho intramolecular Hbond substituents is 2. The molecule has 2 heterocycles. The second-order valence-corrected chi connectivity index (χ2v) is 12.2. The zero-order valence-corrected chi connectivity index (χ0v) is 27.7. The van der Waals surface area contributed by atoms with Gasteiger partial charge in [0.15, 0.2) is 17.3 Å². The van der Waals surface area contributed by atoms with Gasteiger partial charge in [-0.25, -0.2) is 0 Å². The largest absolute Gasteiger partial charge is 0.508 e. The minimum absolute atomic E-state index is 0.0302. The molecule has 1 aliphatic rings. The number of fused-ring (bicyclic) bond motifs is 1. The minimum Gasteiger partial charge on any atom is -0.508 e. The summed E-state index contributed by atoms with van der Waals surface area (Å²) in [5, 5.41) is 32.1. The number of hydrogen-bond donors (Lipinski definition) is 4. The molecule has 1 aliphatic heterocycles. The van der Waals surface area contributed by atoms with Crippen molar-refractivity contribution in [3.05, 3.63) is 131 Å². The Bertz CT molecular complexity index is 1930. The molecule has 0 amide bonds. The van der Waals surface area contributed by atoms with E-state index in [1.165, 1.54) is 7.11 Å². The van der Waals surface area contributed by atoms with Crippen molar-refractivity contribution in [2.24, 2.45) is 0 Å². The molecule has 252 valence electrons. The quantitative estimate of drug-likeness (QED) is 0.101. The Kier molecular flexibility index (Phi) is 10.4. The molecule has 0 saturated heterocycles. The maximum atomic E-state index is 13.9. The van der Waals surface area contributed by atoms with Gasteiger partial charge >= 0.3 is 0 Å². The molecule has 8 heteroatoms. The van der Waals surface area contributed by atoms with E-state index in [1.54, 1.807) is 30.3 Å². The highest BCUT2D eigenvalue weighted by molar-refractivity contribution is 6.04. The summed E-state index contributed by atoms with van der Waals surface area (Å²) in [5.41, 5.74) is 6.75. The normalized spacial score (nSPS) is 14.8. The zero-order chi connectivity index (χ0) is 34.3. The van der Waals surface area contributed by atoms with Gasteiger partial charge in [-0.1, -0.05) is 85.8 Å². The van der Waals surface area contributed by atoms with Gasteiger partial charge in [-0.05, 0) is 65.3 Å². The van der Waals surface area contributed by atoms with E-state index in [1.807, 2.05) is 54.7 Å². The fourth-order valence-corrected chi connectivity index (χ4v) is 6.14. The number of aromatic amines is 1. The third-order valence-corrected chi connectivity index (χ3v) is 8.83. The van der Waals surface area contributed by atoms with E-state index in [0.29, 0.717) is 18.4 Å². The number of benzene rings is 4. The van der Waals surface area contributed by atoms with E-state index in [2.05, 4.69) is 30.1 Å². The fraction of sp³-hybridized carbons (Fsp3) is 0.244. The number of ether oxygens (including phenoxy) is 3. The SMILES string of the molecule is CCc1cc(-c2cccc(CCc3c(O)c(OC)c(OCCC(O)C=Cc4ccccc4)c4c3OC(c3ccc(O)cc3)CC4=O)c2)c[nH]1. The first-order valence-electron chi connectivity index (χ1n) is 16.6. The smallest absolute Gasteiger partial charge is 0.204 e. The number of rotatable bonds is 13. The van der Waals surface area contributed by atoms with Crippen molar-refractivity contribution in [1.82, 2.24) is 4.98 Å². The summed E-state index contributed by atoms with van der Waals surface area (Å²) in [6, 6.07) is 26.6. The number of Topliss-reactive ketones (excluding diaryl/α,β-unsaturated/α-hetero) is 1. The summed E-state index contributed by atoms with van der Waals surface area (Å²) in [7, 11) is 1.42. The molecule has 0 aliphatic carbocycles. The lowest BCUT2D eigenvalue weighted by Gasteiger charge is -2.30. The molecule has 0 bridgehead atoms. The minimum atomic E-state index is -0.795. The van der Waals surface area contributed by atoms with Crippen LogP contribution < -0.4 is 14.2 Å². The Morgan fingerprint density at radius 2 is 1.76 bits per heavy atom. The van der Waals surface area contributed by atoms with E-state index in [4.69, 9.17) is 14.2 Å². The number of carbonyl (C=O) groups excluding carboxylic acids is 1. The van der Waals surface area contributed by atoms with Gasteiger partial charge in [-0.15, -0.1) is 0 Å². The number of H-pyrrole nitrogens is 1. The molecule has 2 unspecified atom stereocenters. The number of ketones is 1. The molecule has 0 radical (unpaired) electrons. The van der Waals surface area contributed by atoms with Crippen LogP contribution in [0.3, 0.4) is 0 Å². The first kappa shape index (κ1) is 33.4. The number of aromatic hydroxyl groups is 2. The van der Waals surface area contributed by atoms with Crippen LogP contribution >= 0.6 is 0 Å². The lowest BCUT2D eigenvalue weighted by Crippen LogP contribution is -2.23. The molecule has 2 atom stereocenters. The van der Waals surface area contributed by atoms with Crippen LogP contribution in [0, 0.1) is 0 Å². The molecule has 49 heavy (non-hydrogen) atoms. The Morgan fingerprint density at radius 1 is 0.959 bits per heavy atom. The van der Waals surface area contributed by atoms with E-state index in [9.17, 15) is 20.1 Å². The Morgan fingerprint density at radius 3 is 2.49 bits per heavy atom. The molecule has 4 N–H and O–H groups in total. The third-order valence-electron chi connectivity index (χ3n) is 8.83. The maximum Gasteiger partial charge on any atom is 0.204 e. The molecule has 0 fully saturated rings. The summed E-state index contributed by atoms with van der Waals surface area (Å²) in [6.07, 6.45) is 6.22. The fourth-order valence-electron chi connectivity index (χ4n) is 6.14. The Hall–Kier alpha value is -5.47. The lowest BCUT2D eigenvalue weighted by molar-refractivity contribution is 0.0836. The molecule has 4 aromatic carbocycles. The topological polar surface area (TPSA) is 121 Å². The molecule has 0 saturated carbocycles. The van der Waals surface area contributed by atoms with Gasteiger partial charge in [0, 0.05) is 23.9 Å². The number of methoxy groups -OCH3 is 1. The summed E-state index contributed by atoms with van der Waals surface area (Å²) in [4.78, 5) is 17.2. The summed E-state index contributed by atoms with van der Waals surface area (Å²) in [5.74, 6) is 0.124. The van der Waals surface area contributed by atoms with Crippen molar-refractivity contribution in [3.8, 4) is 39.9 Å². The van der Waals surface area contributed by atoms with Crippen LogP contribution in [0.1, 0.15) is 64.2 Å². The summed E-state index contributed by atoms with van der Waals surface area (Å²) < 4.78 is 18.3. The first-order valence-corrected chi connectivity index (χ1v) is 16.6. The van der Waals surface area contributed by atoms with Crippen molar-refractivity contribution < 1.29 is 34.3 Å². The standard InChI is InChI=1S/C41H41NO7/c1-3-31-23-30(25-42-31)29-11-7-10-27(22-29)13-19-34-38(46)41(47-2)40(48-21-20-33(44)16-12-26-8-5-4-6-9-26)37-35(45)24-36(49-39(34)37)28-14-17-32(43)18-15-28/h4-12,14-18,22-23,25,33,36,42-44,46H,3,13,19-21,24H2,1-2H3. The number of hydrogen-bond acceptors (Lipinski definition) is 7. The number of phenols is 2. The molecule has 8 nitrogen and oxygen atoms in total.